The Kier molecular flexibility index (Phi) is 4.93. The van der Waals surface area contributed by atoms with Gasteiger partial charge in [-0.3, -0.25) is 9.36 Å². The lowest BCUT2D eigenvalue weighted by molar-refractivity contribution is 0.0767. The molecule has 2 aromatic carbocycles. The number of fused-ring (bicyclic) bond motifs is 2. The van der Waals surface area contributed by atoms with Crippen LogP contribution in [0.2, 0.25) is 0 Å². The molecule has 6 rings (SSSR count). The number of carbonyl (C=O) groups is 1. The fourth-order valence-electron chi connectivity index (χ4n) is 5.39. The summed E-state index contributed by atoms with van der Waals surface area (Å²) < 4.78 is 1.88. The van der Waals surface area contributed by atoms with Gasteiger partial charge in [0, 0.05) is 37.8 Å². The fraction of sp³-hybridized carbons (Fsp3) is 0.400. The summed E-state index contributed by atoms with van der Waals surface area (Å²) in [5, 5.41) is 0. The summed E-state index contributed by atoms with van der Waals surface area (Å²) in [6.45, 7) is 2.91. The minimum absolute atomic E-state index is 0.0119. The van der Waals surface area contributed by atoms with E-state index in [4.69, 9.17) is 4.98 Å². The Bertz CT molecular complexity index is 1340. The average molecular weight is 445 g/mol. The SMILES string of the molecule is O=C(c1ccc2c(c1)[nH]c(=O)n2C1CCCC1)N1CCCN(c2nc3ccccc3[nH]2)CC1. The standard InChI is InChI=1S/C25H28N6O2/c32-23(17-10-11-22-21(16-17)28-25(33)31(22)18-6-1-2-7-18)29-12-5-13-30(15-14-29)24-26-19-8-3-4-9-20(19)27-24/h3-4,8-11,16,18H,1-2,5-7,12-15H2,(H,26,27)(H,28,33). The Hall–Kier alpha value is -3.55. The molecular weight excluding hydrogens is 416 g/mol. The first-order valence-corrected chi connectivity index (χ1v) is 11.9. The van der Waals surface area contributed by atoms with Crippen molar-refractivity contribution in [3.05, 3.63) is 58.5 Å². The van der Waals surface area contributed by atoms with E-state index in [9.17, 15) is 9.59 Å². The van der Waals surface area contributed by atoms with Gasteiger partial charge in [0.1, 0.15) is 0 Å². The maximum atomic E-state index is 13.3. The summed E-state index contributed by atoms with van der Waals surface area (Å²) in [5.41, 5.74) is 4.18. The molecule has 3 heterocycles. The van der Waals surface area contributed by atoms with Gasteiger partial charge in [0.2, 0.25) is 5.95 Å². The number of rotatable bonds is 3. The predicted molar refractivity (Wildman–Crippen MR) is 129 cm³/mol. The molecule has 1 aliphatic heterocycles. The van der Waals surface area contributed by atoms with Crippen molar-refractivity contribution in [2.75, 3.05) is 31.1 Å². The number of hydrogen-bond donors (Lipinski definition) is 2. The number of nitrogens with zero attached hydrogens (tertiary/aromatic N) is 4. The highest BCUT2D eigenvalue weighted by atomic mass is 16.2. The zero-order chi connectivity index (χ0) is 22.4. The predicted octanol–water partition coefficient (Wildman–Crippen LogP) is 3.67. The van der Waals surface area contributed by atoms with E-state index in [1.807, 2.05) is 51.9 Å². The number of anilines is 1. The quantitative estimate of drug-likeness (QED) is 0.505. The minimum Gasteiger partial charge on any atom is -0.341 e. The number of imidazole rings is 2. The second kappa shape index (κ2) is 8.10. The number of aromatic amines is 2. The molecule has 0 bridgehead atoms. The topological polar surface area (TPSA) is 90.0 Å². The number of nitrogens with one attached hydrogen (secondary N) is 2. The lowest BCUT2D eigenvalue weighted by atomic mass is 10.1. The smallest absolute Gasteiger partial charge is 0.326 e. The summed E-state index contributed by atoms with van der Waals surface area (Å²) in [5.74, 6) is 0.871. The molecule has 0 atom stereocenters. The zero-order valence-corrected chi connectivity index (χ0v) is 18.6. The Morgan fingerprint density at radius 1 is 0.909 bits per heavy atom. The second-order valence-electron chi connectivity index (χ2n) is 9.18. The first-order chi connectivity index (χ1) is 16.2. The monoisotopic (exact) mass is 444 g/mol. The van der Waals surface area contributed by atoms with Crippen LogP contribution in [0.5, 0.6) is 0 Å². The highest BCUT2D eigenvalue weighted by molar-refractivity contribution is 5.97. The van der Waals surface area contributed by atoms with Gasteiger partial charge >= 0.3 is 5.69 Å². The number of carbonyl (C=O) groups excluding carboxylic acids is 1. The van der Waals surface area contributed by atoms with Crippen molar-refractivity contribution < 1.29 is 4.79 Å². The fourth-order valence-corrected chi connectivity index (χ4v) is 5.39. The average Bonchev–Trinajstić information content (AvgIpc) is 3.52. The third-order valence-corrected chi connectivity index (χ3v) is 7.11. The van der Waals surface area contributed by atoms with Crippen LogP contribution in [0.3, 0.4) is 0 Å². The van der Waals surface area contributed by atoms with E-state index in [1.54, 1.807) is 0 Å². The minimum atomic E-state index is -0.0715. The van der Waals surface area contributed by atoms with Gasteiger partial charge in [-0.15, -0.1) is 0 Å². The van der Waals surface area contributed by atoms with Gasteiger partial charge in [0.15, 0.2) is 0 Å². The number of H-pyrrole nitrogens is 2. The molecule has 2 aromatic heterocycles. The maximum Gasteiger partial charge on any atom is 0.326 e. The first-order valence-electron chi connectivity index (χ1n) is 11.9. The van der Waals surface area contributed by atoms with Gasteiger partial charge in [0.05, 0.1) is 22.1 Å². The number of hydrogen-bond acceptors (Lipinski definition) is 4. The van der Waals surface area contributed by atoms with Gasteiger partial charge in [-0.05, 0) is 49.6 Å². The van der Waals surface area contributed by atoms with E-state index in [0.717, 1.165) is 60.4 Å². The van der Waals surface area contributed by atoms with E-state index in [2.05, 4.69) is 14.9 Å². The van der Waals surface area contributed by atoms with Crippen molar-refractivity contribution in [2.45, 2.75) is 38.1 Å². The molecule has 1 aliphatic carbocycles. The second-order valence-corrected chi connectivity index (χ2v) is 9.18. The molecule has 1 saturated carbocycles. The molecule has 170 valence electrons. The molecule has 0 spiro atoms. The molecule has 2 aliphatic rings. The molecule has 0 radical (unpaired) electrons. The molecule has 2 fully saturated rings. The van der Waals surface area contributed by atoms with E-state index in [0.29, 0.717) is 18.7 Å². The third-order valence-electron chi connectivity index (χ3n) is 7.11. The summed E-state index contributed by atoms with van der Waals surface area (Å²) in [6.07, 6.45) is 5.30. The molecule has 1 saturated heterocycles. The van der Waals surface area contributed by atoms with Crippen molar-refractivity contribution >= 4 is 33.9 Å². The Labute approximate surface area is 191 Å². The van der Waals surface area contributed by atoms with Crippen molar-refractivity contribution in [2.24, 2.45) is 0 Å². The van der Waals surface area contributed by atoms with Crippen LogP contribution in [0, 0.1) is 0 Å². The Morgan fingerprint density at radius 2 is 1.76 bits per heavy atom. The highest BCUT2D eigenvalue weighted by Crippen LogP contribution is 2.31. The molecule has 8 nitrogen and oxygen atoms in total. The van der Waals surface area contributed by atoms with E-state index < -0.39 is 0 Å². The summed E-state index contributed by atoms with van der Waals surface area (Å²) >= 11 is 0. The van der Waals surface area contributed by atoms with Crippen LogP contribution in [-0.2, 0) is 0 Å². The van der Waals surface area contributed by atoms with Crippen molar-refractivity contribution in [1.29, 1.82) is 0 Å². The maximum absolute atomic E-state index is 13.3. The highest BCUT2D eigenvalue weighted by Gasteiger charge is 2.24. The first kappa shape index (κ1) is 20.1. The van der Waals surface area contributed by atoms with Gasteiger partial charge < -0.3 is 19.8 Å². The van der Waals surface area contributed by atoms with E-state index in [-0.39, 0.29) is 17.6 Å². The van der Waals surface area contributed by atoms with Crippen LogP contribution in [0.15, 0.2) is 47.3 Å². The Balaban J connectivity index is 1.20. The molecule has 8 heteroatoms. The normalized spacial score (nSPS) is 17.8. The van der Waals surface area contributed by atoms with Gasteiger partial charge in [-0.25, -0.2) is 9.78 Å². The van der Waals surface area contributed by atoms with Crippen LogP contribution >= 0.6 is 0 Å². The van der Waals surface area contributed by atoms with E-state index in [1.165, 1.54) is 12.8 Å². The summed E-state index contributed by atoms with van der Waals surface area (Å²) in [6, 6.07) is 13.9. The summed E-state index contributed by atoms with van der Waals surface area (Å²) in [7, 11) is 0. The van der Waals surface area contributed by atoms with Crippen molar-refractivity contribution in [1.82, 2.24) is 24.4 Å². The lowest BCUT2D eigenvalue weighted by Gasteiger charge is -2.22. The zero-order valence-electron chi connectivity index (χ0n) is 18.6. The van der Waals surface area contributed by atoms with Crippen molar-refractivity contribution in [3.63, 3.8) is 0 Å². The molecule has 4 aromatic rings. The van der Waals surface area contributed by atoms with Crippen LogP contribution < -0.4 is 10.6 Å². The van der Waals surface area contributed by atoms with Gasteiger partial charge in [-0.2, -0.15) is 0 Å². The Morgan fingerprint density at radius 3 is 2.61 bits per heavy atom. The number of amides is 1. The molecule has 1 amide bonds. The number of para-hydroxylation sites is 2. The summed E-state index contributed by atoms with van der Waals surface area (Å²) in [4.78, 5) is 41.1. The molecule has 33 heavy (non-hydrogen) atoms. The molecule has 2 N–H and O–H groups in total. The van der Waals surface area contributed by atoms with Crippen LogP contribution in [0.1, 0.15) is 48.5 Å². The number of benzene rings is 2. The lowest BCUT2D eigenvalue weighted by Crippen LogP contribution is -2.35. The van der Waals surface area contributed by atoms with Crippen LogP contribution in [0.4, 0.5) is 5.95 Å². The van der Waals surface area contributed by atoms with E-state index >= 15 is 0 Å². The van der Waals surface area contributed by atoms with Crippen LogP contribution in [-0.4, -0.2) is 56.5 Å². The largest absolute Gasteiger partial charge is 0.341 e. The van der Waals surface area contributed by atoms with Gasteiger partial charge in [-0.1, -0.05) is 25.0 Å². The molecular formula is C25H28N6O2. The molecule has 0 unspecified atom stereocenters. The van der Waals surface area contributed by atoms with Crippen LogP contribution in [0.25, 0.3) is 22.1 Å². The third kappa shape index (κ3) is 3.59. The van der Waals surface area contributed by atoms with Crippen molar-refractivity contribution in [3.8, 4) is 0 Å². The number of aromatic nitrogens is 4. The van der Waals surface area contributed by atoms with Gasteiger partial charge in [0.25, 0.3) is 5.91 Å².